The first-order valence-electron chi connectivity index (χ1n) is 10.7. The van der Waals surface area contributed by atoms with Crippen LogP contribution in [0.15, 0.2) is 22.8 Å². The molecule has 4 heterocycles. The van der Waals surface area contributed by atoms with Gasteiger partial charge in [0.05, 0.1) is 11.4 Å². The summed E-state index contributed by atoms with van der Waals surface area (Å²) in [5.74, 6) is 0.542. The number of aromatic nitrogens is 4. The van der Waals surface area contributed by atoms with Gasteiger partial charge >= 0.3 is 0 Å². The minimum atomic E-state index is -1.14. The molecule has 2 N–H and O–H groups in total. The molecule has 3 aromatic rings. The summed E-state index contributed by atoms with van der Waals surface area (Å²) in [7, 11) is 0. The van der Waals surface area contributed by atoms with Crippen molar-refractivity contribution in [3.63, 3.8) is 0 Å². The van der Waals surface area contributed by atoms with Crippen LogP contribution in [0.3, 0.4) is 0 Å². The van der Waals surface area contributed by atoms with Crippen LogP contribution in [0.25, 0.3) is 11.0 Å². The fourth-order valence-corrected chi connectivity index (χ4v) is 7.39. The van der Waals surface area contributed by atoms with E-state index in [0.29, 0.717) is 27.3 Å². The number of nitrogens with one attached hydrogen (secondary N) is 2. The number of nitrogens with zero attached hydrogens (tertiary/aromatic N) is 5. The molecular weight excluding hydrogens is 490 g/mol. The highest BCUT2D eigenvalue weighted by molar-refractivity contribution is 9.10. The van der Waals surface area contributed by atoms with Crippen LogP contribution < -0.4 is 9.62 Å². The zero-order valence-corrected chi connectivity index (χ0v) is 20.2. The number of halogens is 1. The van der Waals surface area contributed by atoms with Gasteiger partial charge in [0, 0.05) is 35.4 Å². The Morgan fingerprint density at radius 2 is 2.06 bits per heavy atom. The summed E-state index contributed by atoms with van der Waals surface area (Å²) < 4.78 is 16.8. The molecule has 0 bridgehead atoms. The molecule has 2 atom stereocenters. The molecule has 2 aromatic heterocycles. The number of benzene rings is 1. The summed E-state index contributed by atoms with van der Waals surface area (Å²) in [6.07, 6.45) is 2.86. The second-order valence-electron chi connectivity index (χ2n) is 9.45. The Morgan fingerprint density at radius 3 is 2.81 bits per heavy atom. The zero-order valence-electron chi connectivity index (χ0n) is 17.8. The molecule has 1 aliphatic carbocycles. The van der Waals surface area contributed by atoms with Crippen LogP contribution in [0.1, 0.15) is 55.1 Å². The molecular formula is C22H22BrN7OS. The van der Waals surface area contributed by atoms with E-state index < -0.39 is 16.1 Å². The maximum atomic E-state index is 13.1. The lowest BCUT2D eigenvalue weighted by Gasteiger charge is -2.46. The molecule has 1 fully saturated rings. The Morgan fingerprint density at radius 1 is 1.28 bits per heavy atom. The topological polar surface area (TPSA) is 117 Å². The van der Waals surface area contributed by atoms with Gasteiger partial charge in [-0.2, -0.15) is 15.3 Å². The van der Waals surface area contributed by atoms with E-state index in [4.69, 9.17) is 0 Å². The second-order valence-corrected chi connectivity index (χ2v) is 12.0. The van der Waals surface area contributed by atoms with Crippen LogP contribution in [0, 0.1) is 16.7 Å². The fraction of sp³-hybridized carbons (Fsp3) is 0.455. The molecule has 1 unspecified atom stereocenters. The summed E-state index contributed by atoms with van der Waals surface area (Å²) in [5.41, 5.74) is 4.78. The molecule has 1 aromatic carbocycles. The summed E-state index contributed by atoms with van der Waals surface area (Å²) in [5, 5.41) is 17.2. The van der Waals surface area contributed by atoms with E-state index in [0.717, 1.165) is 32.4 Å². The van der Waals surface area contributed by atoms with Gasteiger partial charge < -0.3 is 9.45 Å². The number of piperidine rings is 1. The maximum absolute atomic E-state index is 13.1. The first-order chi connectivity index (χ1) is 15.3. The Balaban J connectivity index is 1.31. The maximum Gasteiger partial charge on any atom is 0.228 e. The molecule has 0 amide bonds. The van der Waals surface area contributed by atoms with Gasteiger partial charge in [-0.3, -0.25) is 5.10 Å². The summed E-state index contributed by atoms with van der Waals surface area (Å²) in [4.78, 5) is 11.3. The largest absolute Gasteiger partial charge is 0.597 e. The Kier molecular flexibility index (Phi) is 4.41. The van der Waals surface area contributed by atoms with Crippen molar-refractivity contribution in [2.45, 2.75) is 43.9 Å². The lowest BCUT2D eigenvalue weighted by molar-refractivity contribution is 0.173. The van der Waals surface area contributed by atoms with Crippen LogP contribution in [-0.4, -0.2) is 37.8 Å². The van der Waals surface area contributed by atoms with Crippen LogP contribution >= 0.6 is 15.9 Å². The molecule has 3 aliphatic rings. The number of anilines is 1. The summed E-state index contributed by atoms with van der Waals surface area (Å²) >= 11 is 2.24. The van der Waals surface area contributed by atoms with Crippen molar-refractivity contribution in [1.29, 1.82) is 5.26 Å². The number of H-pyrrole nitrogens is 1. The van der Waals surface area contributed by atoms with Gasteiger partial charge in [0.15, 0.2) is 16.1 Å². The predicted molar refractivity (Wildman–Crippen MR) is 125 cm³/mol. The van der Waals surface area contributed by atoms with E-state index in [1.165, 1.54) is 16.7 Å². The molecule has 0 radical (unpaired) electrons. The van der Waals surface area contributed by atoms with E-state index in [9.17, 15) is 9.81 Å². The highest BCUT2D eigenvalue weighted by Gasteiger charge is 2.56. The van der Waals surface area contributed by atoms with E-state index in [1.807, 2.05) is 0 Å². The minimum absolute atomic E-state index is 0.0264. The molecule has 164 valence electrons. The summed E-state index contributed by atoms with van der Waals surface area (Å²) in [6, 6.07) is 8.75. The second kappa shape index (κ2) is 6.90. The molecule has 2 aliphatic heterocycles. The van der Waals surface area contributed by atoms with Crippen molar-refractivity contribution in [1.82, 2.24) is 24.9 Å². The average Bonchev–Trinajstić information content (AvgIpc) is 3.31. The highest BCUT2D eigenvalue weighted by atomic mass is 79.9. The molecule has 10 heteroatoms. The smallest absolute Gasteiger partial charge is 0.228 e. The van der Waals surface area contributed by atoms with Crippen molar-refractivity contribution < 1.29 is 4.55 Å². The first-order valence-corrected chi connectivity index (χ1v) is 12.7. The number of hydrogen-bond acceptors (Lipinski definition) is 7. The van der Waals surface area contributed by atoms with Gasteiger partial charge in [0.1, 0.15) is 10.7 Å². The van der Waals surface area contributed by atoms with Gasteiger partial charge in [-0.15, -0.1) is 4.72 Å². The molecule has 8 nitrogen and oxygen atoms in total. The van der Waals surface area contributed by atoms with Crippen LogP contribution in [0.2, 0.25) is 0 Å². The molecule has 1 saturated heterocycles. The third kappa shape index (κ3) is 2.71. The molecule has 1 spiro atoms. The Bertz CT molecular complexity index is 1290. The number of hydrogen-bond donors (Lipinski definition) is 2. The van der Waals surface area contributed by atoms with E-state index in [-0.39, 0.29) is 11.5 Å². The zero-order chi connectivity index (χ0) is 22.3. The van der Waals surface area contributed by atoms with Crippen molar-refractivity contribution in [2.75, 3.05) is 18.0 Å². The normalized spacial score (nSPS) is 25.2. The van der Waals surface area contributed by atoms with Crippen molar-refractivity contribution in [2.24, 2.45) is 5.41 Å². The molecule has 6 rings (SSSR count). The van der Waals surface area contributed by atoms with Gasteiger partial charge in [0.2, 0.25) is 5.95 Å². The van der Waals surface area contributed by atoms with Gasteiger partial charge in [-0.05, 0) is 60.2 Å². The van der Waals surface area contributed by atoms with E-state index in [1.54, 1.807) is 0 Å². The van der Waals surface area contributed by atoms with E-state index in [2.05, 4.69) is 83.8 Å². The van der Waals surface area contributed by atoms with Crippen molar-refractivity contribution in [3.8, 4) is 6.07 Å². The van der Waals surface area contributed by atoms with Crippen molar-refractivity contribution in [3.05, 3.63) is 45.2 Å². The SMILES string of the molecule is CC1(C)c2cccc3c2[C@@H](N[S+]1[O-])C1(CCN(c2nc(C#N)c4c(Br)[nH]nc4n2)CC1)C3. The fourth-order valence-electron chi connectivity index (χ4n) is 5.68. The van der Waals surface area contributed by atoms with E-state index >= 15 is 0 Å². The minimum Gasteiger partial charge on any atom is -0.597 e. The quantitative estimate of drug-likeness (QED) is 0.480. The van der Waals surface area contributed by atoms with Gasteiger partial charge in [-0.1, -0.05) is 18.2 Å². The lowest BCUT2D eigenvalue weighted by atomic mass is 9.72. The van der Waals surface area contributed by atoms with Crippen molar-refractivity contribution >= 4 is 44.3 Å². The first kappa shape index (κ1) is 20.4. The molecule has 0 saturated carbocycles. The standard InChI is InChI=1S/C22H22BrN7OS/c1-21(2)13-5-3-4-12-10-22(17(15(12)13)29-32(21)31)6-8-30(9-7-22)20-25-14(11-24)16-18(23)27-28-19(16)26-20/h3-5,17,29H,6-10H2,1-2H3,(H,25,26,27,28)/t17-,32?/m1/s1. The molecule has 32 heavy (non-hydrogen) atoms. The Hall–Kier alpha value is -2.19. The lowest BCUT2D eigenvalue weighted by Crippen LogP contribution is -2.53. The Labute approximate surface area is 197 Å². The number of fused-ring (bicyclic) bond motifs is 2. The predicted octanol–water partition coefficient (Wildman–Crippen LogP) is 3.37. The summed E-state index contributed by atoms with van der Waals surface area (Å²) in [6.45, 7) is 5.67. The van der Waals surface area contributed by atoms with Crippen LogP contribution in [-0.2, 0) is 22.5 Å². The highest BCUT2D eigenvalue weighted by Crippen LogP contribution is 2.57. The third-order valence-electron chi connectivity index (χ3n) is 7.48. The third-order valence-corrected chi connectivity index (χ3v) is 9.65. The number of rotatable bonds is 1. The van der Waals surface area contributed by atoms with Crippen LogP contribution in [0.5, 0.6) is 0 Å². The number of nitriles is 1. The monoisotopic (exact) mass is 511 g/mol. The average molecular weight is 512 g/mol. The van der Waals surface area contributed by atoms with Gasteiger partial charge in [-0.25, -0.2) is 4.98 Å². The number of aromatic amines is 1. The van der Waals surface area contributed by atoms with Gasteiger partial charge in [0.25, 0.3) is 0 Å². The van der Waals surface area contributed by atoms with Crippen LogP contribution in [0.4, 0.5) is 5.95 Å².